The van der Waals surface area contributed by atoms with Crippen molar-refractivity contribution < 1.29 is 14.7 Å². The van der Waals surface area contributed by atoms with Crippen LogP contribution in [0.25, 0.3) is 0 Å². The molecule has 1 saturated carbocycles. The van der Waals surface area contributed by atoms with Crippen molar-refractivity contribution in [2.45, 2.75) is 25.7 Å². The Morgan fingerprint density at radius 1 is 1.17 bits per heavy atom. The van der Waals surface area contributed by atoms with E-state index in [9.17, 15) is 9.59 Å². The molecule has 2 N–H and O–H groups in total. The maximum Gasteiger partial charge on any atom is 0.335 e. The summed E-state index contributed by atoms with van der Waals surface area (Å²) < 4.78 is 0. The van der Waals surface area contributed by atoms with E-state index in [2.05, 4.69) is 5.32 Å². The van der Waals surface area contributed by atoms with Crippen LogP contribution >= 0.6 is 0 Å². The van der Waals surface area contributed by atoms with Crippen LogP contribution < -0.4 is 5.32 Å². The Balaban J connectivity index is 2.03. The van der Waals surface area contributed by atoms with Gasteiger partial charge in [0.1, 0.15) is 0 Å². The molecule has 0 saturated heterocycles. The zero-order valence-electron chi connectivity index (χ0n) is 9.98. The van der Waals surface area contributed by atoms with Gasteiger partial charge in [-0.2, -0.15) is 0 Å². The van der Waals surface area contributed by atoms with Gasteiger partial charge in [0, 0.05) is 23.9 Å². The van der Waals surface area contributed by atoms with Crippen molar-refractivity contribution in [2.24, 2.45) is 0 Å². The summed E-state index contributed by atoms with van der Waals surface area (Å²) >= 11 is 0. The van der Waals surface area contributed by atoms with E-state index in [1.54, 1.807) is 18.3 Å². The van der Waals surface area contributed by atoms with E-state index in [0.29, 0.717) is 6.42 Å². The smallest absolute Gasteiger partial charge is 0.335 e. The van der Waals surface area contributed by atoms with Crippen LogP contribution in [0.2, 0.25) is 0 Å². The van der Waals surface area contributed by atoms with Gasteiger partial charge in [-0.1, -0.05) is 0 Å². The molecule has 0 heterocycles. The number of carboxylic acids is 1. The molecule has 4 nitrogen and oxygen atoms in total. The fourth-order valence-corrected chi connectivity index (χ4v) is 1.93. The third kappa shape index (κ3) is 2.97. The molecular formula is C14H15NO3. The third-order valence-corrected chi connectivity index (χ3v) is 3.00. The van der Waals surface area contributed by atoms with Crippen molar-refractivity contribution in [1.82, 2.24) is 0 Å². The summed E-state index contributed by atoms with van der Waals surface area (Å²) in [5.74, 6) is -0.738. The predicted molar refractivity (Wildman–Crippen MR) is 68.6 cm³/mol. The monoisotopic (exact) mass is 245 g/mol. The van der Waals surface area contributed by atoms with Crippen molar-refractivity contribution in [3.8, 4) is 0 Å². The quantitative estimate of drug-likeness (QED) is 0.803. The van der Waals surface area contributed by atoms with Crippen molar-refractivity contribution in [2.75, 3.05) is 5.32 Å². The summed E-state index contributed by atoms with van der Waals surface area (Å²) in [5, 5.41) is 11.8. The molecule has 1 aliphatic rings. The third-order valence-electron chi connectivity index (χ3n) is 3.00. The van der Waals surface area contributed by atoms with Crippen molar-refractivity contribution in [1.29, 1.82) is 0 Å². The van der Waals surface area contributed by atoms with Gasteiger partial charge in [-0.25, -0.2) is 4.79 Å². The summed E-state index contributed by atoms with van der Waals surface area (Å²) in [4.78, 5) is 22.3. The minimum absolute atomic E-state index is 0.205. The lowest BCUT2D eigenvalue weighted by Crippen LogP contribution is -2.09. The van der Waals surface area contributed by atoms with Gasteiger partial charge in [-0.15, -0.1) is 0 Å². The molecule has 0 atom stereocenters. The molecule has 0 amide bonds. The number of carbonyl (C=O) groups excluding carboxylic acids is 1. The molecule has 0 bridgehead atoms. The first-order valence-electron chi connectivity index (χ1n) is 5.99. The molecule has 0 radical (unpaired) electrons. The Labute approximate surface area is 105 Å². The molecule has 1 aromatic rings. The average molecular weight is 245 g/mol. The van der Waals surface area contributed by atoms with Crippen LogP contribution in [-0.2, 0) is 4.79 Å². The van der Waals surface area contributed by atoms with Crippen LogP contribution in [0.3, 0.4) is 0 Å². The van der Waals surface area contributed by atoms with Gasteiger partial charge >= 0.3 is 5.97 Å². The van der Waals surface area contributed by atoms with Crippen LogP contribution in [0.5, 0.6) is 0 Å². The fourth-order valence-electron chi connectivity index (χ4n) is 1.93. The Morgan fingerprint density at radius 3 is 2.44 bits per heavy atom. The molecule has 1 aromatic carbocycles. The largest absolute Gasteiger partial charge is 0.478 e. The van der Waals surface area contributed by atoms with Crippen LogP contribution in [-0.4, -0.2) is 16.9 Å². The van der Waals surface area contributed by atoms with Gasteiger partial charge in [-0.05, 0) is 43.5 Å². The molecule has 94 valence electrons. The highest BCUT2D eigenvalue weighted by atomic mass is 16.4. The number of carbonyl (C=O) groups is 2. The number of hydrogen-bond donors (Lipinski definition) is 2. The number of anilines is 1. The van der Waals surface area contributed by atoms with Gasteiger partial charge in [0.05, 0.1) is 5.56 Å². The Hall–Kier alpha value is -2.10. The standard InChI is InChI=1S/C14H15NO3/c16-13-4-2-1-3-11(13)9-15-12-7-5-10(6-8-12)14(17)18/h5-9,15H,1-4H2,(H,17,18)/b11-9-. The molecule has 0 aromatic heterocycles. The van der Waals surface area contributed by atoms with Gasteiger partial charge in [0.15, 0.2) is 5.78 Å². The number of Topliss-reactive ketones (excluding diaryl/α,β-unsaturated/α-hetero) is 1. The molecule has 4 heteroatoms. The van der Waals surface area contributed by atoms with Crippen LogP contribution in [0.1, 0.15) is 36.0 Å². The maximum absolute atomic E-state index is 11.6. The van der Waals surface area contributed by atoms with E-state index in [1.807, 2.05) is 0 Å². The normalized spacial score (nSPS) is 17.8. The Bertz CT molecular complexity index is 488. The highest BCUT2D eigenvalue weighted by Crippen LogP contribution is 2.20. The van der Waals surface area contributed by atoms with Crippen molar-refractivity contribution in [3.05, 3.63) is 41.6 Å². The molecular weight excluding hydrogens is 230 g/mol. The lowest BCUT2D eigenvalue weighted by atomic mass is 9.94. The van der Waals surface area contributed by atoms with Crippen LogP contribution in [0.4, 0.5) is 5.69 Å². The lowest BCUT2D eigenvalue weighted by Gasteiger charge is -2.12. The van der Waals surface area contributed by atoms with E-state index in [-0.39, 0.29) is 11.3 Å². The van der Waals surface area contributed by atoms with Crippen LogP contribution in [0, 0.1) is 0 Å². The topological polar surface area (TPSA) is 66.4 Å². The van der Waals surface area contributed by atoms with E-state index in [1.165, 1.54) is 12.1 Å². The number of carboxylic acid groups (broad SMARTS) is 1. The lowest BCUT2D eigenvalue weighted by molar-refractivity contribution is -0.116. The first-order valence-corrected chi connectivity index (χ1v) is 5.99. The van der Waals surface area contributed by atoms with Gasteiger partial charge in [0.25, 0.3) is 0 Å². The summed E-state index contributed by atoms with van der Waals surface area (Å²) in [6, 6.07) is 6.44. The Kier molecular flexibility index (Phi) is 3.77. The summed E-state index contributed by atoms with van der Waals surface area (Å²) in [6.07, 6.45) is 5.21. The molecule has 1 fully saturated rings. The highest BCUT2D eigenvalue weighted by molar-refractivity contribution is 5.96. The maximum atomic E-state index is 11.6. The second-order valence-electron chi connectivity index (χ2n) is 4.33. The zero-order chi connectivity index (χ0) is 13.0. The minimum Gasteiger partial charge on any atom is -0.478 e. The molecule has 18 heavy (non-hydrogen) atoms. The summed E-state index contributed by atoms with van der Waals surface area (Å²) in [7, 11) is 0. The summed E-state index contributed by atoms with van der Waals surface area (Å²) in [5.41, 5.74) is 1.86. The summed E-state index contributed by atoms with van der Waals surface area (Å²) in [6.45, 7) is 0. The van der Waals surface area contributed by atoms with Crippen molar-refractivity contribution in [3.63, 3.8) is 0 Å². The van der Waals surface area contributed by atoms with E-state index >= 15 is 0 Å². The SMILES string of the molecule is O=C1CCCC/C1=C/Nc1ccc(C(=O)O)cc1. The molecule has 1 aliphatic carbocycles. The predicted octanol–water partition coefficient (Wildman–Crippen LogP) is 2.82. The molecule has 0 aliphatic heterocycles. The zero-order valence-corrected chi connectivity index (χ0v) is 9.98. The van der Waals surface area contributed by atoms with Gasteiger partial charge in [0.2, 0.25) is 0 Å². The van der Waals surface area contributed by atoms with Gasteiger partial charge < -0.3 is 10.4 Å². The number of ketones is 1. The number of nitrogens with one attached hydrogen (secondary N) is 1. The van der Waals surface area contributed by atoms with Crippen molar-refractivity contribution >= 4 is 17.4 Å². The second-order valence-corrected chi connectivity index (χ2v) is 4.33. The highest BCUT2D eigenvalue weighted by Gasteiger charge is 2.14. The molecule has 2 rings (SSSR count). The average Bonchev–Trinajstić information content (AvgIpc) is 2.38. The van der Waals surface area contributed by atoms with E-state index in [0.717, 1.165) is 30.5 Å². The minimum atomic E-state index is -0.942. The second kappa shape index (κ2) is 5.49. The Morgan fingerprint density at radius 2 is 1.83 bits per heavy atom. The number of allylic oxidation sites excluding steroid dienone is 1. The van der Waals surface area contributed by atoms with E-state index < -0.39 is 5.97 Å². The number of benzene rings is 1. The van der Waals surface area contributed by atoms with E-state index in [4.69, 9.17) is 5.11 Å². The number of hydrogen-bond acceptors (Lipinski definition) is 3. The first-order chi connectivity index (χ1) is 8.66. The number of rotatable bonds is 3. The molecule has 0 unspecified atom stereocenters. The first kappa shape index (κ1) is 12.4. The number of aromatic carboxylic acids is 1. The van der Waals surface area contributed by atoms with Crippen LogP contribution in [0.15, 0.2) is 36.0 Å². The molecule has 0 spiro atoms. The van der Waals surface area contributed by atoms with Gasteiger partial charge in [-0.3, -0.25) is 4.79 Å². The fraction of sp³-hybridized carbons (Fsp3) is 0.286.